The van der Waals surface area contributed by atoms with E-state index in [2.05, 4.69) is 0 Å². The Morgan fingerprint density at radius 2 is 1.70 bits per heavy atom. The lowest BCUT2D eigenvalue weighted by atomic mass is 10.1. The van der Waals surface area contributed by atoms with Crippen molar-refractivity contribution < 1.29 is 24.0 Å². The van der Waals surface area contributed by atoms with E-state index >= 15 is 0 Å². The molecular formula is C16H21NO6. The molecule has 0 fully saturated rings. The van der Waals surface area contributed by atoms with Crippen LogP contribution >= 0.6 is 0 Å². The molecule has 0 heterocycles. The van der Waals surface area contributed by atoms with Gasteiger partial charge in [0.15, 0.2) is 0 Å². The van der Waals surface area contributed by atoms with Crippen molar-refractivity contribution in [1.29, 1.82) is 0 Å². The van der Waals surface area contributed by atoms with Crippen LogP contribution in [0.5, 0.6) is 0 Å². The number of unbranched alkanes of at least 4 members (excludes halogenated alkanes) is 1. The Balaban J connectivity index is 2.27. The first-order valence-electron chi connectivity index (χ1n) is 7.58. The molecule has 7 nitrogen and oxygen atoms in total. The van der Waals surface area contributed by atoms with Crippen molar-refractivity contribution in [3.63, 3.8) is 0 Å². The highest BCUT2D eigenvalue weighted by Crippen LogP contribution is 2.18. The fraction of sp³-hybridized carbons (Fsp3) is 0.500. The van der Waals surface area contributed by atoms with Gasteiger partial charge in [-0.2, -0.15) is 0 Å². The summed E-state index contributed by atoms with van der Waals surface area (Å²) >= 11 is 0. The third kappa shape index (κ3) is 7.39. The van der Waals surface area contributed by atoms with E-state index in [1.54, 1.807) is 18.2 Å². The molecule has 0 spiro atoms. The lowest BCUT2D eigenvalue weighted by molar-refractivity contribution is -0.385. The zero-order valence-electron chi connectivity index (χ0n) is 13.2. The maximum absolute atomic E-state index is 11.5. The van der Waals surface area contributed by atoms with Crippen LogP contribution < -0.4 is 0 Å². The van der Waals surface area contributed by atoms with Crippen molar-refractivity contribution in [3.05, 3.63) is 39.9 Å². The molecule has 0 radical (unpaired) electrons. The van der Waals surface area contributed by atoms with E-state index < -0.39 is 16.9 Å². The molecule has 0 amide bonds. The van der Waals surface area contributed by atoms with Crippen LogP contribution in [-0.4, -0.2) is 30.1 Å². The van der Waals surface area contributed by atoms with Crippen LogP contribution in [0.15, 0.2) is 24.3 Å². The third-order valence-corrected chi connectivity index (χ3v) is 3.12. The van der Waals surface area contributed by atoms with Crippen LogP contribution in [0.3, 0.4) is 0 Å². The average Bonchev–Trinajstić information content (AvgIpc) is 2.53. The number of carbonyl (C=O) groups is 2. The summed E-state index contributed by atoms with van der Waals surface area (Å²) in [5.41, 5.74) is 0.507. The maximum atomic E-state index is 11.5. The van der Waals surface area contributed by atoms with Crippen LogP contribution in [0.1, 0.15) is 38.2 Å². The van der Waals surface area contributed by atoms with E-state index in [4.69, 9.17) is 9.47 Å². The fourth-order valence-electron chi connectivity index (χ4n) is 1.85. The minimum absolute atomic E-state index is 0.00282. The molecule has 0 aromatic heterocycles. The largest absolute Gasteiger partial charge is 0.466 e. The Hall–Kier alpha value is -2.44. The number of benzene rings is 1. The highest BCUT2D eigenvalue weighted by molar-refractivity contribution is 5.77. The Labute approximate surface area is 134 Å². The molecule has 0 N–H and O–H groups in total. The molecule has 0 bridgehead atoms. The molecule has 0 aliphatic carbocycles. The fourth-order valence-corrected chi connectivity index (χ4v) is 1.85. The Kier molecular flexibility index (Phi) is 8.34. The van der Waals surface area contributed by atoms with Gasteiger partial charge >= 0.3 is 11.9 Å². The molecule has 0 saturated carbocycles. The number of hydrogen-bond donors (Lipinski definition) is 0. The molecule has 7 heteroatoms. The number of nitro benzene ring substituents is 1. The van der Waals surface area contributed by atoms with Crippen molar-refractivity contribution in [3.8, 4) is 0 Å². The molecule has 23 heavy (non-hydrogen) atoms. The molecule has 0 aliphatic rings. The monoisotopic (exact) mass is 323 g/mol. The van der Waals surface area contributed by atoms with Crippen LogP contribution in [0.25, 0.3) is 0 Å². The predicted octanol–water partition coefficient (Wildman–Crippen LogP) is 2.80. The van der Waals surface area contributed by atoms with Gasteiger partial charge in [0.25, 0.3) is 5.69 Å². The second kappa shape index (κ2) is 10.3. The van der Waals surface area contributed by atoms with Crippen LogP contribution in [0, 0.1) is 10.1 Å². The number of hydrogen-bond acceptors (Lipinski definition) is 6. The van der Waals surface area contributed by atoms with E-state index in [1.165, 1.54) is 6.07 Å². The predicted molar refractivity (Wildman–Crippen MR) is 82.9 cm³/mol. The lowest BCUT2D eigenvalue weighted by Gasteiger charge is -2.06. The van der Waals surface area contributed by atoms with Crippen molar-refractivity contribution >= 4 is 17.6 Å². The SMILES string of the molecule is CCCCOC(=O)CCC(=O)OCCc1ccccc1[N+](=O)[O-]. The number of ether oxygens (including phenoxy) is 2. The van der Waals surface area contributed by atoms with Gasteiger partial charge in [-0.25, -0.2) is 0 Å². The quantitative estimate of drug-likeness (QED) is 0.284. The van der Waals surface area contributed by atoms with Crippen molar-refractivity contribution in [2.75, 3.05) is 13.2 Å². The second-order valence-electron chi connectivity index (χ2n) is 4.93. The Morgan fingerprint density at radius 1 is 1.09 bits per heavy atom. The molecule has 0 saturated heterocycles. The van der Waals surface area contributed by atoms with Gasteiger partial charge in [-0.15, -0.1) is 0 Å². The van der Waals surface area contributed by atoms with E-state index in [0.717, 1.165) is 12.8 Å². The minimum atomic E-state index is -0.518. The number of para-hydroxylation sites is 1. The molecular weight excluding hydrogens is 302 g/mol. The van der Waals surface area contributed by atoms with Crippen molar-refractivity contribution in [1.82, 2.24) is 0 Å². The summed E-state index contributed by atoms with van der Waals surface area (Å²) in [5, 5.41) is 10.9. The summed E-state index contributed by atoms with van der Waals surface area (Å²) in [6.07, 6.45) is 1.91. The standard InChI is InChI=1S/C16H21NO6/c1-2-3-11-22-15(18)8-9-16(19)23-12-10-13-6-4-5-7-14(13)17(20)21/h4-7H,2-3,8-12H2,1H3. The lowest BCUT2D eigenvalue weighted by Crippen LogP contribution is -2.12. The zero-order valence-corrected chi connectivity index (χ0v) is 13.2. The normalized spacial score (nSPS) is 10.1. The smallest absolute Gasteiger partial charge is 0.306 e. The van der Waals surface area contributed by atoms with E-state index in [9.17, 15) is 19.7 Å². The van der Waals surface area contributed by atoms with Gasteiger partial charge < -0.3 is 9.47 Å². The Morgan fingerprint density at radius 3 is 2.30 bits per heavy atom. The van der Waals surface area contributed by atoms with Gasteiger partial charge in [0.05, 0.1) is 31.0 Å². The Bertz CT molecular complexity index is 543. The molecule has 1 aromatic carbocycles. The van der Waals surface area contributed by atoms with Crippen molar-refractivity contribution in [2.45, 2.75) is 39.0 Å². The van der Waals surface area contributed by atoms with E-state index in [0.29, 0.717) is 12.2 Å². The van der Waals surface area contributed by atoms with Crippen LogP contribution in [0.4, 0.5) is 5.69 Å². The third-order valence-electron chi connectivity index (χ3n) is 3.12. The maximum Gasteiger partial charge on any atom is 0.306 e. The molecule has 0 unspecified atom stereocenters. The van der Waals surface area contributed by atoms with Gasteiger partial charge in [0.1, 0.15) is 0 Å². The number of nitrogens with zero attached hydrogens (tertiary/aromatic N) is 1. The molecule has 0 aliphatic heterocycles. The summed E-state index contributed by atoms with van der Waals surface area (Å²) in [6.45, 7) is 2.39. The average molecular weight is 323 g/mol. The summed E-state index contributed by atoms with van der Waals surface area (Å²) in [6, 6.07) is 6.30. The molecule has 1 aromatic rings. The first-order valence-corrected chi connectivity index (χ1v) is 7.58. The first-order chi connectivity index (χ1) is 11.0. The summed E-state index contributed by atoms with van der Waals surface area (Å²) in [7, 11) is 0. The number of esters is 2. The van der Waals surface area contributed by atoms with Crippen LogP contribution in [0.2, 0.25) is 0 Å². The topological polar surface area (TPSA) is 95.7 Å². The molecule has 126 valence electrons. The molecule has 0 atom stereocenters. The highest BCUT2D eigenvalue weighted by Gasteiger charge is 2.13. The molecule has 1 rings (SSSR count). The number of carbonyl (C=O) groups excluding carboxylic acids is 2. The van der Waals surface area contributed by atoms with Crippen molar-refractivity contribution in [2.24, 2.45) is 0 Å². The summed E-state index contributed by atoms with van der Waals surface area (Å²) < 4.78 is 9.91. The van der Waals surface area contributed by atoms with E-state index in [1.807, 2.05) is 6.92 Å². The first kappa shape index (κ1) is 18.6. The minimum Gasteiger partial charge on any atom is -0.466 e. The highest BCUT2D eigenvalue weighted by atomic mass is 16.6. The van der Waals surface area contributed by atoms with Gasteiger partial charge in [-0.05, 0) is 6.42 Å². The number of rotatable bonds is 10. The van der Waals surface area contributed by atoms with Gasteiger partial charge in [-0.1, -0.05) is 31.5 Å². The second-order valence-corrected chi connectivity index (χ2v) is 4.93. The van der Waals surface area contributed by atoms with Gasteiger partial charge in [0, 0.05) is 18.1 Å². The summed E-state index contributed by atoms with van der Waals surface area (Å²) in [5.74, 6) is -0.940. The van der Waals surface area contributed by atoms with Gasteiger partial charge in [-0.3, -0.25) is 19.7 Å². The van der Waals surface area contributed by atoms with E-state index in [-0.39, 0.29) is 31.6 Å². The summed E-state index contributed by atoms with van der Waals surface area (Å²) in [4.78, 5) is 33.2. The van der Waals surface area contributed by atoms with Crippen LogP contribution in [-0.2, 0) is 25.5 Å². The van der Waals surface area contributed by atoms with Gasteiger partial charge in [0.2, 0.25) is 0 Å². The number of nitro groups is 1. The zero-order chi connectivity index (χ0) is 17.1.